The summed E-state index contributed by atoms with van der Waals surface area (Å²) in [6.07, 6.45) is 2.69. The first-order valence-corrected chi connectivity index (χ1v) is 9.83. The van der Waals surface area contributed by atoms with Gasteiger partial charge in [-0.3, -0.25) is 4.79 Å². The Balaban J connectivity index is 1.41. The van der Waals surface area contributed by atoms with Crippen LogP contribution < -0.4 is 4.90 Å². The quantitative estimate of drug-likeness (QED) is 0.679. The van der Waals surface area contributed by atoms with Crippen molar-refractivity contribution in [2.24, 2.45) is 0 Å². The number of carbonyl (C=O) groups is 1. The van der Waals surface area contributed by atoms with E-state index in [0.717, 1.165) is 35.9 Å². The lowest BCUT2D eigenvalue weighted by Gasteiger charge is -2.35. The molecule has 1 aliphatic rings. The van der Waals surface area contributed by atoms with Gasteiger partial charge in [-0.1, -0.05) is 41.9 Å². The van der Waals surface area contributed by atoms with Crippen molar-refractivity contribution in [1.29, 1.82) is 0 Å². The number of aryl methyl sites for hydroxylation is 1. The van der Waals surface area contributed by atoms with Crippen molar-refractivity contribution in [2.45, 2.75) is 13.3 Å². The van der Waals surface area contributed by atoms with E-state index in [1.54, 1.807) is 10.9 Å². The number of amides is 1. The Morgan fingerprint density at radius 3 is 2.46 bits per heavy atom. The van der Waals surface area contributed by atoms with E-state index in [4.69, 9.17) is 11.6 Å². The molecule has 0 unspecified atom stereocenters. The van der Waals surface area contributed by atoms with Gasteiger partial charge < -0.3 is 9.80 Å². The molecule has 0 spiro atoms. The van der Waals surface area contributed by atoms with Crippen LogP contribution >= 0.6 is 11.6 Å². The minimum absolute atomic E-state index is 0.0813. The number of nitrogens with zero attached hydrogens (tertiary/aromatic N) is 5. The summed E-state index contributed by atoms with van der Waals surface area (Å²) in [7, 11) is 0. The number of hydrogen-bond acceptors (Lipinski definition) is 4. The second-order valence-electron chi connectivity index (χ2n) is 6.83. The Kier molecular flexibility index (Phi) is 5.30. The molecule has 1 aliphatic heterocycles. The molecule has 28 heavy (non-hydrogen) atoms. The van der Waals surface area contributed by atoms with E-state index in [9.17, 15) is 4.79 Å². The number of benzene rings is 2. The van der Waals surface area contributed by atoms with Gasteiger partial charge in [0.05, 0.1) is 11.9 Å². The highest BCUT2D eigenvalue weighted by molar-refractivity contribution is 6.30. The fourth-order valence-electron chi connectivity index (χ4n) is 3.37. The topological polar surface area (TPSA) is 54.3 Å². The number of carbonyl (C=O) groups excluding carboxylic acids is 1. The third-order valence-electron chi connectivity index (χ3n) is 5.06. The number of halogens is 1. The molecule has 4 rings (SSSR count). The summed E-state index contributed by atoms with van der Waals surface area (Å²) in [5, 5.41) is 8.94. The van der Waals surface area contributed by atoms with Gasteiger partial charge in [-0.2, -0.15) is 0 Å². The highest BCUT2D eigenvalue weighted by Crippen LogP contribution is 2.21. The highest BCUT2D eigenvalue weighted by Gasteiger charge is 2.24. The molecule has 1 aromatic heterocycles. The Labute approximate surface area is 169 Å². The van der Waals surface area contributed by atoms with Crippen molar-refractivity contribution in [3.05, 3.63) is 71.0 Å². The number of piperazine rings is 1. The molecule has 0 atom stereocenters. The van der Waals surface area contributed by atoms with Crippen LogP contribution in [0.3, 0.4) is 0 Å². The smallest absolute Gasteiger partial charge is 0.276 e. The Morgan fingerprint density at radius 1 is 1.04 bits per heavy atom. The van der Waals surface area contributed by atoms with Gasteiger partial charge in [-0.05, 0) is 42.3 Å². The molecule has 2 aromatic carbocycles. The molecule has 144 valence electrons. The highest BCUT2D eigenvalue weighted by atomic mass is 35.5. The first kappa shape index (κ1) is 18.5. The SMILES string of the molecule is CCc1ccc(-n2cc(C(=O)N3CCN(c4cccc(Cl)c4)CC3)nn2)cc1. The predicted molar refractivity (Wildman–Crippen MR) is 110 cm³/mol. The first-order valence-electron chi connectivity index (χ1n) is 9.45. The van der Waals surface area contributed by atoms with Crippen LogP contribution in [0.5, 0.6) is 0 Å². The van der Waals surface area contributed by atoms with Crippen LogP contribution in [0.2, 0.25) is 5.02 Å². The van der Waals surface area contributed by atoms with Gasteiger partial charge in [-0.15, -0.1) is 5.10 Å². The maximum absolute atomic E-state index is 12.8. The molecule has 1 fully saturated rings. The predicted octanol–water partition coefficient (Wildman–Crippen LogP) is 3.45. The fourth-order valence-corrected chi connectivity index (χ4v) is 3.56. The normalized spacial score (nSPS) is 14.4. The van der Waals surface area contributed by atoms with Crippen molar-refractivity contribution < 1.29 is 4.79 Å². The molecule has 0 aliphatic carbocycles. The van der Waals surface area contributed by atoms with Gasteiger partial charge in [0, 0.05) is 36.9 Å². The van der Waals surface area contributed by atoms with Crippen LogP contribution in [0.4, 0.5) is 5.69 Å². The van der Waals surface area contributed by atoms with Crippen molar-refractivity contribution >= 4 is 23.2 Å². The Bertz CT molecular complexity index is 961. The first-order chi connectivity index (χ1) is 13.6. The van der Waals surface area contributed by atoms with Gasteiger partial charge in [0.2, 0.25) is 0 Å². The maximum atomic E-state index is 12.8. The molecule has 0 bridgehead atoms. The van der Waals surface area contributed by atoms with Crippen LogP contribution in [-0.4, -0.2) is 52.0 Å². The summed E-state index contributed by atoms with van der Waals surface area (Å²) >= 11 is 6.08. The van der Waals surface area contributed by atoms with Crippen molar-refractivity contribution in [1.82, 2.24) is 19.9 Å². The molecule has 0 N–H and O–H groups in total. The van der Waals surface area contributed by atoms with Crippen molar-refractivity contribution in [3.8, 4) is 5.69 Å². The average molecular weight is 396 g/mol. The largest absolute Gasteiger partial charge is 0.368 e. The standard InChI is InChI=1S/C21H22ClN5O/c1-2-16-6-8-18(9-7-16)27-15-20(23-24-27)21(28)26-12-10-25(11-13-26)19-5-3-4-17(22)14-19/h3-9,14-15H,2,10-13H2,1H3. The van der Waals surface area contributed by atoms with Gasteiger partial charge >= 0.3 is 0 Å². The average Bonchev–Trinajstić information content (AvgIpc) is 3.24. The molecular weight excluding hydrogens is 374 g/mol. The number of anilines is 1. The zero-order chi connectivity index (χ0) is 19.5. The Hall–Kier alpha value is -2.86. The molecule has 2 heterocycles. The summed E-state index contributed by atoms with van der Waals surface area (Å²) in [6.45, 7) is 4.93. The van der Waals surface area contributed by atoms with E-state index in [1.807, 2.05) is 41.3 Å². The van der Waals surface area contributed by atoms with E-state index < -0.39 is 0 Å². The summed E-state index contributed by atoms with van der Waals surface area (Å²) in [6, 6.07) is 15.9. The third kappa shape index (κ3) is 3.87. The summed E-state index contributed by atoms with van der Waals surface area (Å²) in [5.41, 5.74) is 3.61. The molecule has 0 radical (unpaired) electrons. The minimum atomic E-state index is -0.0813. The molecule has 6 nitrogen and oxygen atoms in total. The molecule has 0 saturated carbocycles. The van der Waals surface area contributed by atoms with E-state index in [2.05, 4.69) is 34.3 Å². The van der Waals surface area contributed by atoms with Gasteiger partial charge in [0.25, 0.3) is 5.91 Å². The third-order valence-corrected chi connectivity index (χ3v) is 5.30. The zero-order valence-corrected chi connectivity index (χ0v) is 16.5. The van der Waals surface area contributed by atoms with Gasteiger partial charge in [0.15, 0.2) is 5.69 Å². The lowest BCUT2D eigenvalue weighted by atomic mass is 10.1. The van der Waals surface area contributed by atoms with E-state index in [1.165, 1.54) is 5.56 Å². The zero-order valence-electron chi connectivity index (χ0n) is 15.8. The van der Waals surface area contributed by atoms with Crippen LogP contribution in [0, 0.1) is 0 Å². The van der Waals surface area contributed by atoms with Crippen LogP contribution in [0.1, 0.15) is 23.0 Å². The van der Waals surface area contributed by atoms with Crippen LogP contribution in [-0.2, 0) is 6.42 Å². The van der Waals surface area contributed by atoms with E-state index >= 15 is 0 Å². The lowest BCUT2D eigenvalue weighted by molar-refractivity contribution is 0.0741. The van der Waals surface area contributed by atoms with Crippen LogP contribution in [0.15, 0.2) is 54.7 Å². The molecule has 1 amide bonds. The Morgan fingerprint density at radius 2 is 1.79 bits per heavy atom. The number of rotatable bonds is 4. The van der Waals surface area contributed by atoms with Crippen molar-refractivity contribution in [3.63, 3.8) is 0 Å². The second-order valence-corrected chi connectivity index (χ2v) is 7.26. The summed E-state index contributed by atoms with van der Waals surface area (Å²) < 4.78 is 1.65. The molecule has 1 saturated heterocycles. The van der Waals surface area contributed by atoms with Gasteiger partial charge in [0.1, 0.15) is 0 Å². The van der Waals surface area contributed by atoms with E-state index in [0.29, 0.717) is 18.8 Å². The second kappa shape index (κ2) is 8.02. The molecule has 3 aromatic rings. The summed E-state index contributed by atoms with van der Waals surface area (Å²) in [5.74, 6) is -0.0813. The maximum Gasteiger partial charge on any atom is 0.276 e. The van der Waals surface area contributed by atoms with Gasteiger partial charge in [-0.25, -0.2) is 4.68 Å². The van der Waals surface area contributed by atoms with Crippen LogP contribution in [0.25, 0.3) is 5.69 Å². The van der Waals surface area contributed by atoms with E-state index in [-0.39, 0.29) is 5.91 Å². The fraction of sp³-hybridized carbons (Fsp3) is 0.286. The number of hydrogen-bond donors (Lipinski definition) is 0. The monoisotopic (exact) mass is 395 g/mol. The molecular formula is C21H22ClN5O. The lowest BCUT2D eigenvalue weighted by Crippen LogP contribution is -2.48. The molecule has 7 heteroatoms. The number of aromatic nitrogens is 3. The summed E-state index contributed by atoms with van der Waals surface area (Å²) in [4.78, 5) is 16.9. The van der Waals surface area contributed by atoms with Crippen molar-refractivity contribution in [2.75, 3.05) is 31.1 Å². The minimum Gasteiger partial charge on any atom is -0.368 e.